The molecule has 146 valence electrons. The summed E-state index contributed by atoms with van der Waals surface area (Å²) in [5.41, 5.74) is 1.69. The molecule has 0 unspecified atom stereocenters. The molecule has 0 saturated carbocycles. The van der Waals surface area contributed by atoms with E-state index in [1.165, 1.54) is 24.3 Å². The van der Waals surface area contributed by atoms with E-state index in [9.17, 15) is 13.2 Å². The zero-order valence-electron chi connectivity index (χ0n) is 14.9. The van der Waals surface area contributed by atoms with E-state index in [1.807, 2.05) is 6.07 Å². The van der Waals surface area contributed by atoms with E-state index in [0.29, 0.717) is 11.2 Å². The van der Waals surface area contributed by atoms with Gasteiger partial charge in [0.1, 0.15) is 0 Å². The molecule has 3 aromatic carbocycles. The van der Waals surface area contributed by atoms with Crippen molar-refractivity contribution in [3.8, 4) is 0 Å². The number of amides is 1. The highest BCUT2D eigenvalue weighted by molar-refractivity contribution is 7.92. The first kappa shape index (κ1) is 19.0. The number of halogens is 1. The van der Waals surface area contributed by atoms with Gasteiger partial charge < -0.3 is 5.32 Å². The van der Waals surface area contributed by atoms with E-state index >= 15 is 0 Å². The number of carbonyl (C=O) groups excluding carboxylic acids is 1. The summed E-state index contributed by atoms with van der Waals surface area (Å²) in [5, 5.41) is 10.7. The van der Waals surface area contributed by atoms with Gasteiger partial charge in [-0.3, -0.25) is 14.6 Å². The Morgan fingerprint density at radius 1 is 0.966 bits per heavy atom. The molecule has 0 saturated heterocycles. The van der Waals surface area contributed by atoms with Gasteiger partial charge in [-0.2, -0.15) is 5.10 Å². The maximum absolute atomic E-state index is 12.7. The molecule has 3 N–H and O–H groups in total. The van der Waals surface area contributed by atoms with Gasteiger partial charge in [-0.25, -0.2) is 8.42 Å². The molecule has 0 aliphatic heterocycles. The quantitative estimate of drug-likeness (QED) is 0.443. The Kier molecular flexibility index (Phi) is 4.96. The van der Waals surface area contributed by atoms with Crippen LogP contribution < -0.4 is 10.0 Å². The summed E-state index contributed by atoms with van der Waals surface area (Å²) in [7, 11) is -3.92. The molecule has 0 aliphatic carbocycles. The van der Waals surface area contributed by atoms with Crippen molar-refractivity contribution < 1.29 is 13.2 Å². The van der Waals surface area contributed by atoms with Crippen molar-refractivity contribution in [2.45, 2.75) is 4.90 Å². The lowest BCUT2D eigenvalue weighted by molar-refractivity contribution is 0.102. The second-order valence-electron chi connectivity index (χ2n) is 6.21. The number of nitrogens with one attached hydrogen (secondary N) is 3. The Balaban J connectivity index is 1.60. The summed E-state index contributed by atoms with van der Waals surface area (Å²) in [4.78, 5) is 12.6. The summed E-state index contributed by atoms with van der Waals surface area (Å²) in [6.07, 6.45) is 1.65. The molecule has 0 atom stereocenters. The fourth-order valence-corrected chi connectivity index (χ4v) is 4.18. The van der Waals surface area contributed by atoms with E-state index in [4.69, 9.17) is 11.6 Å². The van der Waals surface area contributed by atoms with Gasteiger partial charge >= 0.3 is 0 Å². The van der Waals surface area contributed by atoms with Crippen LogP contribution in [0.5, 0.6) is 0 Å². The fourth-order valence-electron chi connectivity index (χ4n) is 2.82. The highest BCUT2D eigenvalue weighted by Crippen LogP contribution is 2.25. The molecule has 1 aromatic heterocycles. The van der Waals surface area contributed by atoms with Gasteiger partial charge in [0.2, 0.25) is 0 Å². The molecule has 0 fully saturated rings. The highest BCUT2D eigenvalue weighted by Gasteiger charge is 2.18. The minimum Gasteiger partial charge on any atom is -0.320 e. The molecular formula is C20H15ClN4O3S. The van der Waals surface area contributed by atoms with Crippen LogP contribution >= 0.6 is 11.6 Å². The Hall–Kier alpha value is -3.36. The number of sulfonamides is 1. The molecule has 7 nitrogen and oxygen atoms in total. The second kappa shape index (κ2) is 7.57. The smallest absolute Gasteiger partial charge is 0.261 e. The molecule has 1 amide bonds. The zero-order chi connectivity index (χ0) is 20.4. The lowest BCUT2D eigenvalue weighted by atomic mass is 10.2. The van der Waals surface area contributed by atoms with E-state index in [-0.39, 0.29) is 21.2 Å². The average Bonchev–Trinajstić information content (AvgIpc) is 3.20. The Labute approximate surface area is 171 Å². The van der Waals surface area contributed by atoms with Crippen molar-refractivity contribution in [2.24, 2.45) is 0 Å². The Bertz CT molecular complexity index is 1320. The lowest BCUT2D eigenvalue weighted by Crippen LogP contribution is -2.16. The number of rotatable bonds is 5. The van der Waals surface area contributed by atoms with Gasteiger partial charge in [0.25, 0.3) is 15.9 Å². The number of fused-ring (bicyclic) bond motifs is 1. The van der Waals surface area contributed by atoms with E-state index < -0.39 is 15.9 Å². The van der Waals surface area contributed by atoms with Crippen LogP contribution in [-0.2, 0) is 10.0 Å². The highest BCUT2D eigenvalue weighted by atomic mass is 35.5. The first-order chi connectivity index (χ1) is 13.9. The van der Waals surface area contributed by atoms with Crippen molar-refractivity contribution in [1.29, 1.82) is 0 Å². The number of H-pyrrole nitrogens is 1. The van der Waals surface area contributed by atoms with Crippen LogP contribution in [0.4, 0.5) is 11.4 Å². The number of carbonyl (C=O) groups is 1. The maximum Gasteiger partial charge on any atom is 0.261 e. The zero-order valence-corrected chi connectivity index (χ0v) is 16.5. The van der Waals surface area contributed by atoms with Crippen LogP contribution in [0.1, 0.15) is 10.4 Å². The summed E-state index contributed by atoms with van der Waals surface area (Å²) in [6.45, 7) is 0. The number of anilines is 2. The number of aromatic nitrogens is 2. The third-order valence-corrected chi connectivity index (χ3v) is 5.94. The van der Waals surface area contributed by atoms with Gasteiger partial charge in [-0.15, -0.1) is 0 Å². The van der Waals surface area contributed by atoms with Crippen LogP contribution in [-0.4, -0.2) is 24.5 Å². The molecule has 0 bridgehead atoms. The van der Waals surface area contributed by atoms with E-state index in [1.54, 1.807) is 42.6 Å². The standard InChI is InChI=1S/C20H15ClN4O3S/c21-16-8-1-2-9-17(16)25-29(27,28)15-7-3-5-13(11-15)20(26)23-18-10-4-6-14-12-22-24-19(14)18/h1-12,25H,(H,22,24)(H,23,26). The first-order valence-corrected chi connectivity index (χ1v) is 10.4. The largest absolute Gasteiger partial charge is 0.320 e. The number of para-hydroxylation sites is 2. The molecule has 29 heavy (non-hydrogen) atoms. The number of nitrogens with zero attached hydrogens (tertiary/aromatic N) is 1. The Morgan fingerprint density at radius 2 is 1.72 bits per heavy atom. The van der Waals surface area contributed by atoms with Crippen molar-refractivity contribution >= 4 is 49.8 Å². The summed E-state index contributed by atoms with van der Waals surface area (Å²) in [5.74, 6) is -0.443. The van der Waals surface area contributed by atoms with Gasteiger partial charge in [-0.1, -0.05) is 41.9 Å². The minimum atomic E-state index is -3.92. The van der Waals surface area contributed by atoms with Crippen LogP contribution in [0.25, 0.3) is 10.9 Å². The SMILES string of the molecule is O=C(Nc1cccc2cn[nH]c12)c1cccc(S(=O)(=O)Nc2ccccc2Cl)c1. The minimum absolute atomic E-state index is 0.0511. The van der Waals surface area contributed by atoms with E-state index in [0.717, 1.165) is 5.39 Å². The van der Waals surface area contributed by atoms with Gasteiger partial charge in [0.15, 0.2) is 0 Å². The molecule has 0 radical (unpaired) electrons. The molecule has 1 heterocycles. The first-order valence-electron chi connectivity index (χ1n) is 8.55. The third kappa shape index (κ3) is 3.94. The van der Waals surface area contributed by atoms with Crippen LogP contribution in [0.3, 0.4) is 0 Å². The summed E-state index contributed by atoms with van der Waals surface area (Å²) in [6, 6.07) is 17.7. The number of hydrogen-bond acceptors (Lipinski definition) is 4. The van der Waals surface area contributed by atoms with Crippen molar-refractivity contribution in [2.75, 3.05) is 10.0 Å². The number of benzene rings is 3. The number of aromatic amines is 1. The predicted octanol–water partition coefficient (Wildman–Crippen LogP) is 4.27. The summed E-state index contributed by atoms with van der Waals surface area (Å²) < 4.78 is 27.9. The summed E-state index contributed by atoms with van der Waals surface area (Å²) >= 11 is 6.03. The fraction of sp³-hybridized carbons (Fsp3) is 0. The van der Waals surface area contributed by atoms with Gasteiger partial charge in [-0.05, 0) is 36.4 Å². The van der Waals surface area contributed by atoms with Crippen molar-refractivity contribution in [3.05, 3.63) is 83.5 Å². The second-order valence-corrected chi connectivity index (χ2v) is 8.30. The molecule has 0 spiro atoms. The number of hydrogen-bond donors (Lipinski definition) is 3. The molecular weight excluding hydrogens is 412 g/mol. The normalized spacial score (nSPS) is 11.3. The monoisotopic (exact) mass is 426 g/mol. The van der Waals surface area contributed by atoms with E-state index in [2.05, 4.69) is 20.2 Å². The average molecular weight is 427 g/mol. The Morgan fingerprint density at radius 3 is 2.55 bits per heavy atom. The molecule has 4 rings (SSSR count). The predicted molar refractivity (Wildman–Crippen MR) is 113 cm³/mol. The van der Waals surface area contributed by atoms with Gasteiger partial charge in [0.05, 0.1) is 33.0 Å². The van der Waals surface area contributed by atoms with Crippen LogP contribution in [0.15, 0.2) is 77.8 Å². The van der Waals surface area contributed by atoms with Crippen molar-refractivity contribution in [1.82, 2.24) is 10.2 Å². The topological polar surface area (TPSA) is 104 Å². The van der Waals surface area contributed by atoms with Crippen LogP contribution in [0, 0.1) is 0 Å². The van der Waals surface area contributed by atoms with Gasteiger partial charge in [0, 0.05) is 10.9 Å². The molecule has 9 heteroatoms. The molecule has 0 aliphatic rings. The maximum atomic E-state index is 12.7. The van der Waals surface area contributed by atoms with Crippen molar-refractivity contribution in [3.63, 3.8) is 0 Å². The lowest BCUT2D eigenvalue weighted by Gasteiger charge is -2.11. The third-order valence-electron chi connectivity index (χ3n) is 4.25. The molecule has 4 aromatic rings. The van der Waals surface area contributed by atoms with Crippen LogP contribution in [0.2, 0.25) is 5.02 Å².